The van der Waals surface area contributed by atoms with Crippen LogP contribution in [0.3, 0.4) is 0 Å². The van der Waals surface area contributed by atoms with Crippen LogP contribution in [-0.4, -0.2) is 39.9 Å². The Hall–Kier alpha value is -2.18. The van der Waals surface area contributed by atoms with Gasteiger partial charge in [-0.2, -0.15) is 0 Å². The molecule has 0 unspecified atom stereocenters. The Morgan fingerprint density at radius 2 is 1.78 bits per heavy atom. The average Bonchev–Trinajstić information content (AvgIpc) is 2.64. The lowest BCUT2D eigenvalue weighted by molar-refractivity contribution is -0.136. The van der Waals surface area contributed by atoms with Crippen LogP contribution in [-0.2, 0) is 11.2 Å². The maximum absolute atomic E-state index is 14.1. The van der Waals surface area contributed by atoms with Gasteiger partial charge in [-0.1, -0.05) is 37.6 Å². The van der Waals surface area contributed by atoms with Gasteiger partial charge in [0.25, 0.3) is 0 Å². The van der Waals surface area contributed by atoms with E-state index in [1.807, 2.05) is 6.92 Å². The van der Waals surface area contributed by atoms with Crippen LogP contribution in [0.5, 0.6) is 0 Å². The molecule has 1 aromatic carbocycles. The van der Waals surface area contributed by atoms with E-state index in [1.54, 1.807) is 39.1 Å². The molecule has 32 heavy (non-hydrogen) atoms. The van der Waals surface area contributed by atoms with E-state index in [9.17, 15) is 14.3 Å². The number of aliphatic hydroxyl groups is 1. The molecule has 1 fully saturated rings. The van der Waals surface area contributed by atoms with Gasteiger partial charge in [-0.25, -0.2) is 4.39 Å². The molecule has 1 saturated heterocycles. The third-order valence-electron chi connectivity index (χ3n) is 5.37. The Bertz CT molecular complexity index is 954. The second-order valence-corrected chi connectivity index (χ2v) is 10.5. The van der Waals surface area contributed by atoms with Crippen molar-refractivity contribution in [2.75, 3.05) is 18.0 Å². The molecule has 0 aliphatic carbocycles. The quantitative estimate of drug-likeness (QED) is 0.591. The fraction of sp³-hybridized carbons (Fsp3) is 0.520. The number of halogens is 2. The van der Waals surface area contributed by atoms with Gasteiger partial charge < -0.3 is 15.1 Å². The zero-order valence-electron chi connectivity index (χ0n) is 19.8. The summed E-state index contributed by atoms with van der Waals surface area (Å²) in [6.07, 6.45) is 3.54. The van der Waals surface area contributed by atoms with Gasteiger partial charge in [0.15, 0.2) is 0 Å². The molecule has 2 N–H and O–H groups in total. The predicted molar refractivity (Wildman–Crippen MR) is 128 cm³/mol. The topological polar surface area (TPSA) is 73.7 Å². The van der Waals surface area contributed by atoms with Crippen molar-refractivity contribution in [3.8, 4) is 11.1 Å². The fourth-order valence-corrected chi connectivity index (χ4v) is 3.83. The maximum Gasteiger partial charge on any atom is 0.307 e. The van der Waals surface area contributed by atoms with Gasteiger partial charge in [0.1, 0.15) is 5.82 Å². The van der Waals surface area contributed by atoms with E-state index in [0.717, 1.165) is 31.6 Å². The molecule has 1 aliphatic heterocycles. The zero-order chi connectivity index (χ0) is 24.3. The van der Waals surface area contributed by atoms with Crippen molar-refractivity contribution >= 4 is 23.3 Å². The number of aromatic nitrogens is 1. The molecular weight excluding hydrogens is 431 g/mol. The number of piperidine rings is 1. The number of anilines is 1. The molecule has 176 valence electrons. The highest BCUT2D eigenvalue weighted by atomic mass is 35.5. The summed E-state index contributed by atoms with van der Waals surface area (Å²) < 4.78 is 14.1. The van der Waals surface area contributed by atoms with Crippen LogP contribution in [0.25, 0.3) is 11.1 Å². The highest BCUT2D eigenvalue weighted by molar-refractivity contribution is 6.33. The second kappa shape index (κ2) is 10.2. The van der Waals surface area contributed by atoms with Gasteiger partial charge in [0.2, 0.25) is 0 Å². The molecule has 5 nitrogen and oxygen atoms in total. The lowest BCUT2D eigenvalue weighted by atomic mass is 9.82. The van der Waals surface area contributed by atoms with Crippen molar-refractivity contribution in [1.82, 2.24) is 4.98 Å². The number of carboxylic acid groups (broad SMARTS) is 1. The molecule has 0 spiro atoms. The first-order valence-corrected chi connectivity index (χ1v) is 11.2. The Balaban J connectivity index is 0.000000654. The van der Waals surface area contributed by atoms with Crippen LogP contribution in [0.1, 0.15) is 58.7 Å². The number of carbonyl (C=O) groups is 1. The minimum Gasteiger partial charge on any atom is -0.481 e. The molecule has 1 aliphatic rings. The first-order chi connectivity index (χ1) is 14.7. The van der Waals surface area contributed by atoms with Gasteiger partial charge in [0, 0.05) is 41.7 Å². The van der Waals surface area contributed by atoms with E-state index in [1.165, 1.54) is 6.07 Å². The van der Waals surface area contributed by atoms with E-state index in [0.29, 0.717) is 22.4 Å². The summed E-state index contributed by atoms with van der Waals surface area (Å²) in [7, 11) is 0. The summed E-state index contributed by atoms with van der Waals surface area (Å²) in [5, 5.41) is 18.0. The van der Waals surface area contributed by atoms with Crippen LogP contribution >= 0.6 is 11.6 Å². The SMILES string of the molecule is CC(C)(C)O.Cc1ncc(-c2cccc(F)c2Cl)c(N2CCC(C)(C)CC2)c1CC(=O)O. The third-order valence-corrected chi connectivity index (χ3v) is 5.75. The van der Waals surface area contributed by atoms with Crippen LogP contribution in [0, 0.1) is 18.2 Å². The van der Waals surface area contributed by atoms with Crippen molar-refractivity contribution in [1.29, 1.82) is 0 Å². The number of pyridine rings is 1. The van der Waals surface area contributed by atoms with Crippen LogP contribution in [0.15, 0.2) is 24.4 Å². The highest BCUT2D eigenvalue weighted by Gasteiger charge is 2.29. The Labute approximate surface area is 195 Å². The molecule has 0 amide bonds. The molecule has 0 radical (unpaired) electrons. The summed E-state index contributed by atoms with van der Waals surface area (Å²) in [6, 6.07) is 4.67. The van der Waals surface area contributed by atoms with Gasteiger partial charge >= 0.3 is 5.97 Å². The Morgan fingerprint density at radius 3 is 2.31 bits per heavy atom. The molecule has 2 aromatic rings. The number of rotatable bonds is 4. The molecule has 7 heteroatoms. The Morgan fingerprint density at radius 1 is 1.22 bits per heavy atom. The number of aryl methyl sites for hydroxylation is 1. The minimum atomic E-state index is -0.916. The van der Waals surface area contributed by atoms with Crippen LogP contribution < -0.4 is 4.90 Å². The summed E-state index contributed by atoms with van der Waals surface area (Å²) in [5.41, 5.74) is 3.13. The van der Waals surface area contributed by atoms with Crippen molar-refractivity contribution in [2.45, 2.75) is 66.4 Å². The molecule has 3 rings (SSSR count). The van der Waals surface area contributed by atoms with Crippen LogP contribution in [0.2, 0.25) is 5.02 Å². The Kier molecular flexibility index (Phi) is 8.29. The maximum atomic E-state index is 14.1. The first-order valence-electron chi connectivity index (χ1n) is 10.8. The van der Waals surface area contributed by atoms with Crippen molar-refractivity contribution < 1.29 is 19.4 Å². The van der Waals surface area contributed by atoms with E-state index in [4.69, 9.17) is 16.7 Å². The number of hydrogen-bond acceptors (Lipinski definition) is 4. The number of nitrogens with zero attached hydrogens (tertiary/aromatic N) is 2. The average molecular weight is 465 g/mol. The lowest BCUT2D eigenvalue weighted by Crippen LogP contribution is -2.38. The van der Waals surface area contributed by atoms with E-state index >= 15 is 0 Å². The van der Waals surface area contributed by atoms with Gasteiger partial charge in [-0.15, -0.1) is 0 Å². The number of benzene rings is 1. The van der Waals surface area contributed by atoms with Crippen molar-refractivity contribution in [2.24, 2.45) is 5.41 Å². The molecular formula is C25H34ClFN2O3. The lowest BCUT2D eigenvalue weighted by Gasteiger charge is -2.40. The fourth-order valence-electron chi connectivity index (χ4n) is 3.60. The van der Waals surface area contributed by atoms with E-state index < -0.39 is 17.4 Å². The minimum absolute atomic E-state index is 0.0306. The third kappa shape index (κ3) is 7.17. The van der Waals surface area contributed by atoms with Gasteiger partial charge in [0.05, 0.1) is 22.7 Å². The van der Waals surface area contributed by atoms with Crippen molar-refractivity contribution in [3.05, 3.63) is 46.5 Å². The summed E-state index contributed by atoms with van der Waals surface area (Å²) in [5.74, 6) is -1.42. The molecule has 0 atom stereocenters. The van der Waals surface area contributed by atoms with E-state index in [2.05, 4.69) is 23.7 Å². The summed E-state index contributed by atoms with van der Waals surface area (Å²) in [6.45, 7) is 13.1. The monoisotopic (exact) mass is 464 g/mol. The normalized spacial score (nSPS) is 15.7. The van der Waals surface area contributed by atoms with Gasteiger partial charge in [-0.3, -0.25) is 9.78 Å². The van der Waals surface area contributed by atoms with Crippen molar-refractivity contribution in [3.63, 3.8) is 0 Å². The predicted octanol–water partition coefficient (Wildman–Crippen LogP) is 5.88. The van der Waals surface area contributed by atoms with Crippen LogP contribution in [0.4, 0.5) is 10.1 Å². The first kappa shape index (κ1) is 26.1. The zero-order valence-corrected chi connectivity index (χ0v) is 20.6. The number of carboxylic acids is 1. The van der Waals surface area contributed by atoms with Gasteiger partial charge in [-0.05, 0) is 52.0 Å². The largest absolute Gasteiger partial charge is 0.481 e. The standard InChI is InChI=1S/C21H24ClFN2O2.C4H10O/c1-13-15(11-18(26)27)20(25-9-7-21(2,3)8-10-25)16(12-24-13)14-5-4-6-17(23)19(14)22;1-4(2,3)5/h4-6,12H,7-11H2,1-3H3,(H,26,27);5H,1-3H3. The summed E-state index contributed by atoms with van der Waals surface area (Å²) in [4.78, 5) is 18.1. The molecule has 1 aromatic heterocycles. The highest BCUT2D eigenvalue weighted by Crippen LogP contribution is 2.42. The molecule has 2 heterocycles. The number of hydrogen-bond donors (Lipinski definition) is 2. The smallest absolute Gasteiger partial charge is 0.307 e. The number of aliphatic carboxylic acids is 1. The molecule has 0 saturated carbocycles. The van der Waals surface area contributed by atoms with E-state index in [-0.39, 0.29) is 16.9 Å². The molecule has 0 bridgehead atoms. The summed E-state index contributed by atoms with van der Waals surface area (Å²) >= 11 is 6.24. The second-order valence-electron chi connectivity index (χ2n) is 10.1.